The average molecular weight is 413 g/mol. The predicted octanol–water partition coefficient (Wildman–Crippen LogP) is 4.01. The van der Waals surface area contributed by atoms with Crippen LogP contribution in [0.4, 0.5) is 0 Å². The number of halogens is 2. The number of hydrogen-bond donors (Lipinski definition) is 1. The first kappa shape index (κ1) is 19.2. The third-order valence-electron chi connectivity index (χ3n) is 4.09. The van der Waals surface area contributed by atoms with Gasteiger partial charge in [0.15, 0.2) is 0 Å². The van der Waals surface area contributed by atoms with Gasteiger partial charge >= 0.3 is 0 Å². The van der Waals surface area contributed by atoms with E-state index in [-0.39, 0.29) is 6.54 Å². The Morgan fingerprint density at radius 1 is 1.31 bits per heavy atom. The van der Waals surface area contributed by atoms with E-state index in [1.807, 2.05) is 13.8 Å². The van der Waals surface area contributed by atoms with Crippen molar-refractivity contribution in [2.45, 2.75) is 31.7 Å². The van der Waals surface area contributed by atoms with Crippen LogP contribution in [-0.2, 0) is 17.9 Å². The zero-order chi connectivity index (χ0) is 18.7. The van der Waals surface area contributed by atoms with Gasteiger partial charge in [0, 0.05) is 32.7 Å². The van der Waals surface area contributed by atoms with Crippen molar-refractivity contribution < 1.29 is 9.63 Å². The molecule has 9 heteroatoms. The Morgan fingerprint density at radius 3 is 2.73 bits per heavy atom. The van der Waals surface area contributed by atoms with Crippen molar-refractivity contribution >= 4 is 35.0 Å². The zero-order valence-corrected chi connectivity index (χ0v) is 16.6. The lowest BCUT2D eigenvalue weighted by molar-refractivity contribution is 0.0397. The Hall–Kier alpha value is -1.54. The van der Waals surface area contributed by atoms with Crippen LogP contribution < -0.4 is 0 Å². The molecule has 1 atom stereocenters. The summed E-state index contributed by atoms with van der Waals surface area (Å²) in [4.78, 5) is 3.94. The molecule has 0 aliphatic rings. The van der Waals surface area contributed by atoms with Crippen LogP contribution in [0, 0.1) is 13.8 Å². The Bertz CT molecular complexity index is 866. The van der Waals surface area contributed by atoms with Crippen molar-refractivity contribution in [3.05, 3.63) is 63.5 Å². The first-order valence-corrected chi connectivity index (χ1v) is 9.80. The lowest BCUT2D eigenvalue weighted by atomic mass is 9.95. The lowest BCUT2D eigenvalue weighted by Gasteiger charge is -2.29. The minimum absolute atomic E-state index is 0.225. The van der Waals surface area contributed by atoms with Crippen molar-refractivity contribution in [1.82, 2.24) is 19.9 Å². The summed E-state index contributed by atoms with van der Waals surface area (Å²) < 4.78 is 6.78. The molecule has 3 rings (SSSR count). The van der Waals surface area contributed by atoms with E-state index >= 15 is 0 Å². The van der Waals surface area contributed by atoms with Crippen molar-refractivity contribution in [3.8, 4) is 0 Å². The molecule has 138 valence electrons. The standard InChI is InChI=1S/C17H18Cl2N4O2S/c1-11-14(12(2)25-22-11)6-26-8-17(24,7-23-10-20-9-21-23)15-4-3-13(18)5-16(15)19/h3-5,9-10,24H,6-8H2,1-2H3. The van der Waals surface area contributed by atoms with Gasteiger partial charge in [-0.15, -0.1) is 0 Å². The van der Waals surface area contributed by atoms with E-state index in [0.29, 0.717) is 27.1 Å². The van der Waals surface area contributed by atoms with E-state index in [1.165, 1.54) is 6.33 Å². The Balaban J connectivity index is 1.83. The normalized spacial score (nSPS) is 13.7. The van der Waals surface area contributed by atoms with Gasteiger partial charge in [-0.05, 0) is 26.0 Å². The molecule has 1 unspecified atom stereocenters. The van der Waals surface area contributed by atoms with E-state index < -0.39 is 5.60 Å². The number of thioether (sulfide) groups is 1. The van der Waals surface area contributed by atoms with Crippen LogP contribution in [0.2, 0.25) is 10.0 Å². The van der Waals surface area contributed by atoms with Gasteiger partial charge < -0.3 is 9.63 Å². The SMILES string of the molecule is Cc1noc(C)c1CSCC(O)(Cn1cncn1)c1ccc(Cl)cc1Cl. The molecule has 2 heterocycles. The maximum absolute atomic E-state index is 11.4. The molecular weight excluding hydrogens is 395 g/mol. The van der Waals surface area contributed by atoms with Crippen LogP contribution >= 0.6 is 35.0 Å². The first-order chi connectivity index (χ1) is 12.4. The highest BCUT2D eigenvalue weighted by Crippen LogP contribution is 2.35. The van der Waals surface area contributed by atoms with Crippen LogP contribution in [0.3, 0.4) is 0 Å². The van der Waals surface area contributed by atoms with E-state index in [0.717, 1.165) is 17.0 Å². The number of hydrogen-bond acceptors (Lipinski definition) is 6. The topological polar surface area (TPSA) is 77.0 Å². The highest BCUT2D eigenvalue weighted by Gasteiger charge is 2.33. The van der Waals surface area contributed by atoms with E-state index in [9.17, 15) is 5.11 Å². The molecule has 0 aliphatic heterocycles. The summed E-state index contributed by atoms with van der Waals surface area (Å²) in [5.41, 5.74) is 1.27. The van der Waals surface area contributed by atoms with Gasteiger partial charge in [0.25, 0.3) is 0 Å². The molecule has 2 aromatic heterocycles. The quantitative estimate of drug-likeness (QED) is 0.631. The van der Waals surface area contributed by atoms with Crippen LogP contribution in [-0.4, -0.2) is 30.8 Å². The minimum atomic E-state index is -1.24. The van der Waals surface area contributed by atoms with Crippen molar-refractivity contribution in [1.29, 1.82) is 0 Å². The second kappa shape index (κ2) is 8.00. The number of rotatable bonds is 7. The Kier molecular flexibility index (Phi) is 5.92. The van der Waals surface area contributed by atoms with Gasteiger partial charge in [-0.3, -0.25) is 0 Å². The highest BCUT2D eigenvalue weighted by molar-refractivity contribution is 7.98. The molecule has 0 saturated carbocycles. The molecule has 3 aromatic rings. The van der Waals surface area contributed by atoms with Gasteiger partial charge in [-0.25, -0.2) is 9.67 Å². The fourth-order valence-electron chi connectivity index (χ4n) is 2.69. The summed E-state index contributed by atoms with van der Waals surface area (Å²) in [7, 11) is 0. The molecule has 0 amide bonds. The summed E-state index contributed by atoms with van der Waals surface area (Å²) in [6.45, 7) is 4.01. The molecule has 0 saturated heterocycles. The van der Waals surface area contributed by atoms with Crippen molar-refractivity contribution in [3.63, 3.8) is 0 Å². The van der Waals surface area contributed by atoms with Gasteiger partial charge in [-0.1, -0.05) is 34.4 Å². The van der Waals surface area contributed by atoms with Crippen molar-refractivity contribution in [2.75, 3.05) is 5.75 Å². The average Bonchev–Trinajstić information content (AvgIpc) is 3.19. The summed E-state index contributed by atoms with van der Waals surface area (Å²) in [6, 6.07) is 5.09. The smallest absolute Gasteiger partial charge is 0.137 e. The van der Waals surface area contributed by atoms with Gasteiger partial charge in [0.05, 0.1) is 12.2 Å². The monoisotopic (exact) mass is 412 g/mol. The molecule has 6 nitrogen and oxygen atoms in total. The largest absolute Gasteiger partial charge is 0.382 e. The van der Waals surface area contributed by atoms with E-state index in [4.69, 9.17) is 27.7 Å². The minimum Gasteiger partial charge on any atom is -0.382 e. The fourth-order valence-corrected chi connectivity index (χ4v) is 4.57. The third-order valence-corrected chi connectivity index (χ3v) is 5.81. The molecule has 0 aliphatic carbocycles. The van der Waals surface area contributed by atoms with Crippen LogP contribution in [0.15, 0.2) is 35.4 Å². The van der Waals surface area contributed by atoms with Crippen LogP contribution in [0.5, 0.6) is 0 Å². The first-order valence-electron chi connectivity index (χ1n) is 7.89. The van der Waals surface area contributed by atoms with E-state index in [1.54, 1.807) is 41.0 Å². The van der Waals surface area contributed by atoms with Crippen LogP contribution in [0.25, 0.3) is 0 Å². The lowest BCUT2D eigenvalue weighted by Crippen LogP contribution is -2.35. The molecule has 0 spiro atoms. The molecule has 1 N–H and O–H groups in total. The number of benzene rings is 1. The predicted molar refractivity (Wildman–Crippen MR) is 103 cm³/mol. The van der Waals surface area contributed by atoms with Crippen LogP contribution in [0.1, 0.15) is 22.6 Å². The zero-order valence-electron chi connectivity index (χ0n) is 14.3. The molecule has 0 bridgehead atoms. The Labute approximate surface area is 165 Å². The Morgan fingerprint density at radius 2 is 2.12 bits per heavy atom. The molecule has 0 fully saturated rings. The van der Waals surface area contributed by atoms with Gasteiger partial charge in [-0.2, -0.15) is 16.9 Å². The number of aliphatic hydroxyl groups is 1. The molecule has 0 radical (unpaired) electrons. The number of nitrogens with zero attached hydrogens (tertiary/aromatic N) is 4. The summed E-state index contributed by atoms with van der Waals surface area (Å²) in [5, 5.41) is 20.4. The number of aryl methyl sites for hydroxylation is 2. The van der Waals surface area contributed by atoms with Crippen molar-refractivity contribution in [2.24, 2.45) is 0 Å². The molecule has 26 heavy (non-hydrogen) atoms. The maximum atomic E-state index is 11.4. The highest BCUT2D eigenvalue weighted by atomic mass is 35.5. The third kappa shape index (κ3) is 4.23. The van der Waals surface area contributed by atoms with E-state index in [2.05, 4.69) is 15.2 Å². The summed E-state index contributed by atoms with van der Waals surface area (Å²) in [6.07, 6.45) is 2.99. The number of aromatic nitrogens is 4. The second-order valence-electron chi connectivity index (χ2n) is 6.04. The maximum Gasteiger partial charge on any atom is 0.137 e. The fraction of sp³-hybridized carbons (Fsp3) is 0.353. The van der Waals surface area contributed by atoms with Gasteiger partial charge in [0.2, 0.25) is 0 Å². The molecular formula is C17H18Cl2N4O2S. The second-order valence-corrected chi connectivity index (χ2v) is 7.87. The van der Waals surface area contributed by atoms with Gasteiger partial charge in [0.1, 0.15) is 24.0 Å². The molecule has 1 aromatic carbocycles. The summed E-state index contributed by atoms with van der Waals surface area (Å²) >= 11 is 13.9. The summed E-state index contributed by atoms with van der Waals surface area (Å²) in [5.74, 6) is 1.86.